The van der Waals surface area contributed by atoms with Gasteiger partial charge in [0, 0.05) is 29.7 Å². The van der Waals surface area contributed by atoms with Crippen molar-refractivity contribution in [2.45, 2.75) is 65.8 Å². The number of unbranched alkanes of at least 4 members (excludes halogenated alkanes) is 2. The standard InChI is InChI=1S/C28H34N2O2/c1-4-6-13-24-19-26(31)27(28(32)29-23-11-9-8-10-12-23)25(14-7-5-2)30(24)20-22-17-15-21(3)16-18-22/h8-12,15-19H,4-7,13-14,20H2,1-3H3,(H,29,32). The average molecular weight is 431 g/mol. The third-order valence-corrected chi connectivity index (χ3v) is 5.78. The molecule has 0 aliphatic rings. The van der Waals surface area contributed by atoms with Crippen molar-refractivity contribution in [2.24, 2.45) is 0 Å². The van der Waals surface area contributed by atoms with Crippen molar-refractivity contribution in [3.05, 3.63) is 99.0 Å². The number of anilines is 1. The second-order valence-corrected chi connectivity index (χ2v) is 8.42. The largest absolute Gasteiger partial charge is 0.343 e. The molecule has 1 N–H and O–H groups in total. The van der Waals surface area contributed by atoms with E-state index in [-0.39, 0.29) is 16.9 Å². The van der Waals surface area contributed by atoms with Crippen LogP contribution in [0.4, 0.5) is 5.69 Å². The molecule has 0 saturated carbocycles. The Balaban J connectivity index is 2.11. The summed E-state index contributed by atoms with van der Waals surface area (Å²) in [5, 5.41) is 2.92. The minimum atomic E-state index is -0.327. The van der Waals surface area contributed by atoms with Gasteiger partial charge in [-0.2, -0.15) is 0 Å². The van der Waals surface area contributed by atoms with Crippen LogP contribution in [-0.2, 0) is 19.4 Å². The van der Waals surface area contributed by atoms with Gasteiger partial charge in [-0.15, -0.1) is 0 Å². The highest BCUT2D eigenvalue weighted by Crippen LogP contribution is 2.19. The lowest BCUT2D eigenvalue weighted by atomic mass is 10.0. The second kappa shape index (κ2) is 11.5. The summed E-state index contributed by atoms with van der Waals surface area (Å²) in [6.07, 6.45) is 5.52. The fourth-order valence-corrected chi connectivity index (χ4v) is 3.95. The number of pyridine rings is 1. The maximum absolute atomic E-state index is 13.3. The molecule has 4 heteroatoms. The molecular formula is C28H34N2O2. The van der Waals surface area contributed by atoms with E-state index in [0.717, 1.165) is 43.5 Å². The predicted molar refractivity (Wildman–Crippen MR) is 133 cm³/mol. The Hall–Kier alpha value is -3.14. The molecule has 0 fully saturated rings. The molecule has 3 rings (SSSR count). The summed E-state index contributed by atoms with van der Waals surface area (Å²) in [5.74, 6) is -0.327. The van der Waals surface area contributed by atoms with Crippen molar-refractivity contribution in [3.8, 4) is 0 Å². The molecule has 3 aromatic rings. The summed E-state index contributed by atoms with van der Waals surface area (Å²) < 4.78 is 2.22. The average Bonchev–Trinajstić information content (AvgIpc) is 2.79. The SMILES string of the molecule is CCCCc1cc(=O)c(C(=O)Nc2ccccc2)c(CCCC)n1Cc1ccc(C)cc1. The fraction of sp³-hybridized carbons (Fsp3) is 0.357. The number of carbonyl (C=O) groups is 1. The lowest BCUT2D eigenvalue weighted by Crippen LogP contribution is -2.29. The summed E-state index contributed by atoms with van der Waals surface area (Å²) >= 11 is 0. The van der Waals surface area contributed by atoms with Crippen molar-refractivity contribution in [3.63, 3.8) is 0 Å². The zero-order valence-corrected chi connectivity index (χ0v) is 19.5. The van der Waals surface area contributed by atoms with Gasteiger partial charge in [0.1, 0.15) is 5.56 Å². The normalized spacial score (nSPS) is 10.8. The van der Waals surface area contributed by atoms with E-state index in [9.17, 15) is 9.59 Å². The quantitative estimate of drug-likeness (QED) is 0.420. The van der Waals surface area contributed by atoms with Crippen molar-refractivity contribution < 1.29 is 4.79 Å². The molecule has 0 aliphatic heterocycles. The second-order valence-electron chi connectivity index (χ2n) is 8.42. The Bertz CT molecular complexity index is 1080. The minimum Gasteiger partial charge on any atom is -0.343 e. The highest BCUT2D eigenvalue weighted by Gasteiger charge is 2.21. The highest BCUT2D eigenvalue weighted by atomic mass is 16.2. The number of amides is 1. The van der Waals surface area contributed by atoms with Gasteiger partial charge in [-0.1, -0.05) is 74.7 Å². The van der Waals surface area contributed by atoms with E-state index in [0.29, 0.717) is 18.7 Å². The van der Waals surface area contributed by atoms with Crippen LogP contribution in [0.2, 0.25) is 0 Å². The molecular weight excluding hydrogens is 396 g/mol. The van der Waals surface area contributed by atoms with E-state index in [1.165, 1.54) is 11.1 Å². The molecule has 4 nitrogen and oxygen atoms in total. The Labute approximate surface area is 191 Å². The number of nitrogens with zero attached hydrogens (tertiary/aromatic N) is 1. The van der Waals surface area contributed by atoms with E-state index >= 15 is 0 Å². The van der Waals surface area contributed by atoms with E-state index < -0.39 is 0 Å². The van der Waals surface area contributed by atoms with Crippen LogP contribution in [0, 0.1) is 6.92 Å². The number of nitrogens with one attached hydrogen (secondary N) is 1. The summed E-state index contributed by atoms with van der Waals surface area (Å²) in [7, 11) is 0. The summed E-state index contributed by atoms with van der Waals surface area (Å²) in [4.78, 5) is 26.5. The van der Waals surface area contributed by atoms with Crippen molar-refractivity contribution in [1.82, 2.24) is 4.57 Å². The lowest BCUT2D eigenvalue weighted by molar-refractivity contribution is 0.102. The van der Waals surface area contributed by atoms with E-state index in [1.54, 1.807) is 6.07 Å². The van der Waals surface area contributed by atoms with Gasteiger partial charge in [0.15, 0.2) is 5.43 Å². The molecule has 0 unspecified atom stereocenters. The van der Waals surface area contributed by atoms with Crippen LogP contribution < -0.4 is 10.7 Å². The molecule has 0 aliphatic carbocycles. The first-order valence-corrected chi connectivity index (χ1v) is 11.7. The third-order valence-electron chi connectivity index (χ3n) is 5.78. The number of rotatable bonds is 10. The van der Waals surface area contributed by atoms with Crippen LogP contribution in [0.3, 0.4) is 0 Å². The Morgan fingerprint density at radius 3 is 2.22 bits per heavy atom. The first-order valence-electron chi connectivity index (χ1n) is 11.7. The predicted octanol–water partition coefficient (Wildman–Crippen LogP) is 6.14. The van der Waals surface area contributed by atoms with Crippen molar-refractivity contribution >= 4 is 11.6 Å². The molecule has 32 heavy (non-hydrogen) atoms. The van der Waals surface area contributed by atoms with Crippen LogP contribution in [0.25, 0.3) is 0 Å². The molecule has 0 radical (unpaired) electrons. The van der Waals surface area contributed by atoms with Crippen LogP contribution >= 0.6 is 0 Å². The molecule has 2 aromatic carbocycles. The minimum absolute atomic E-state index is 0.184. The van der Waals surface area contributed by atoms with Crippen molar-refractivity contribution in [1.29, 1.82) is 0 Å². The number of hydrogen-bond acceptors (Lipinski definition) is 2. The summed E-state index contributed by atoms with van der Waals surface area (Å²) in [5.41, 5.74) is 5.03. The van der Waals surface area contributed by atoms with E-state index in [4.69, 9.17) is 0 Å². The number of aromatic nitrogens is 1. The lowest BCUT2D eigenvalue weighted by Gasteiger charge is -2.22. The van der Waals surface area contributed by atoms with Gasteiger partial charge in [-0.25, -0.2) is 0 Å². The maximum Gasteiger partial charge on any atom is 0.261 e. The molecule has 1 amide bonds. The Morgan fingerprint density at radius 2 is 1.56 bits per heavy atom. The molecule has 0 spiro atoms. The van der Waals surface area contributed by atoms with Crippen molar-refractivity contribution in [2.75, 3.05) is 5.32 Å². The molecule has 0 saturated heterocycles. The summed E-state index contributed by atoms with van der Waals surface area (Å²) in [6, 6.07) is 19.5. The first-order chi connectivity index (χ1) is 15.5. The Kier molecular flexibility index (Phi) is 8.43. The number of aryl methyl sites for hydroxylation is 2. The smallest absolute Gasteiger partial charge is 0.261 e. The highest BCUT2D eigenvalue weighted by molar-refractivity contribution is 6.05. The molecule has 168 valence electrons. The van der Waals surface area contributed by atoms with Gasteiger partial charge in [0.25, 0.3) is 5.91 Å². The number of benzene rings is 2. The van der Waals surface area contributed by atoms with Crippen LogP contribution in [0.1, 0.15) is 72.4 Å². The zero-order chi connectivity index (χ0) is 22.9. The molecule has 1 aromatic heterocycles. The number of carbonyl (C=O) groups excluding carboxylic acids is 1. The maximum atomic E-state index is 13.3. The number of para-hydroxylation sites is 1. The monoisotopic (exact) mass is 430 g/mol. The van der Waals surface area contributed by atoms with E-state index in [2.05, 4.69) is 54.9 Å². The summed E-state index contributed by atoms with van der Waals surface area (Å²) in [6.45, 7) is 7.02. The van der Waals surface area contributed by atoms with E-state index in [1.807, 2.05) is 30.3 Å². The molecule has 0 bridgehead atoms. The first kappa shape index (κ1) is 23.5. The van der Waals surface area contributed by atoms with Gasteiger partial charge < -0.3 is 9.88 Å². The van der Waals surface area contributed by atoms with Gasteiger partial charge >= 0.3 is 0 Å². The number of hydrogen-bond donors (Lipinski definition) is 1. The van der Waals surface area contributed by atoms with Gasteiger partial charge in [-0.3, -0.25) is 9.59 Å². The fourth-order valence-electron chi connectivity index (χ4n) is 3.95. The third kappa shape index (κ3) is 5.97. The molecule has 0 atom stereocenters. The van der Waals surface area contributed by atoms with Gasteiger partial charge in [0.2, 0.25) is 0 Å². The Morgan fingerprint density at radius 1 is 0.906 bits per heavy atom. The van der Waals surface area contributed by atoms with Crippen LogP contribution in [0.5, 0.6) is 0 Å². The zero-order valence-electron chi connectivity index (χ0n) is 19.5. The van der Waals surface area contributed by atoms with Gasteiger partial charge in [-0.05, 0) is 50.3 Å². The van der Waals surface area contributed by atoms with Crippen LogP contribution in [-0.4, -0.2) is 10.5 Å². The topological polar surface area (TPSA) is 51.1 Å². The van der Waals surface area contributed by atoms with Crippen LogP contribution in [0.15, 0.2) is 65.5 Å². The van der Waals surface area contributed by atoms with Gasteiger partial charge in [0.05, 0.1) is 0 Å². The molecule has 1 heterocycles.